The second kappa shape index (κ2) is 8.27. The summed E-state index contributed by atoms with van der Waals surface area (Å²) < 4.78 is 18.5. The van der Waals surface area contributed by atoms with Crippen molar-refractivity contribution >= 4 is 11.9 Å². The molecular weight excluding hydrogens is 371 g/mol. The molecule has 0 bridgehead atoms. The average Bonchev–Trinajstić information content (AvgIpc) is 3.33. The summed E-state index contributed by atoms with van der Waals surface area (Å²) in [6.07, 6.45) is 3.67. The summed E-state index contributed by atoms with van der Waals surface area (Å²) in [7, 11) is 0. The summed E-state index contributed by atoms with van der Waals surface area (Å²) in [5.74, 6) is 0.994. The van der Waals surface area contributed by atoms with Crippen molar-refractivity contribution in [3.05, 3.63) is 59.8 Å². The van der Waals surface area contributed by atoms with Gasteiger partial charge in [0.1, 0.15) is 5.82 Å². The number of hydrogen-bond acceptors (Lipinski definition) is 3. The molecule has 1 aromatic heterocycles. The van der Waals surface area contributed by atoms with Gasteiger partial charge in [0.2, 0.25) is 0 Å². The number of carbonyl (C=O) groups excluding carboxylic acids is 1. The van der Waals surface area contributed by atoms with Crippen molar-refractivity contribution < 1.29 is 13.6 Å². The number of nitrogens with one attached hydrogen (secondary N) is 1. The van der Waals surface area contributed by atoms with Crippen LogP contribution in [0.4, 0.5) is 4.39 Å². The van der Waals surface area contributed by atoms with Gasteiger partial charge < -0.3 is 19.5 Å². The van der Waals surface area contributed by atoms with E-state index < -0.39 is 0 Å². The first-order chi connectivity index (χ1) is 14.1. The van der Waals surface area contributed by atoms with Gasteiger partial charge in [-0.05, 0) is 49.6 Å². The van der Waals surface area contributed by atoms with Crippen molar-refractivity contribution in [1.82, 2.24) is 15.1 Å². The molecule has 1 aromatic carbocycles. The Labute approximate surface area is 170 Å². The van der Waals surface area contributed by atoms with E-state index in [0.29, 0.717) is 25.4 Å². The number of aliphatic imine (C=N–C) groups is 1. The van der Waals surface area contributed by atoms with E-state index in [0.717, 1.165) is 44.0 Å². The fourth-order valence-corrected chi connectivity index (χ4v) is 3.82. The number of carbonyl (C=O) groups is 1. The Morgan fingerprint density at radius 2 is 1.83 bits per heavy atom. The molecule has 0 spiro atoms. The standard InChI is InChI=1S/C22H27FN4O2/c1-2-24-21(25-16-22(9-10-22)17-5-7-18(23)8-6-17)27-13-11-26(12-14-27)20(28)19-4-3-15-29-19/h3-8,15H,2,9-14,16H2,1H3,(H,24,25). The average molecular weight is 398 g/mol. The number of furan rings is 1. The van der Waals surface area contributed by atoms with Gasteiger partial charge in [-0.1, -0.05) is 12.1 Å². The highest BCUT2D eigenvalue weighted by atomic mass is 19.1. The molecule has 0 radical (unpaired) electrons. The fraction of sp³-hybridized carbons (Fsp3) is 0.455. The zero-order valence-corrected chi connectivity index (χ0v) is 16.7. The first-order valence-corrected chi connectivity index (χ1v) is 10.2. The lowest BCUT2D eigenvalue weighted by atomic mass is 9.96. The Morgan fingerprint density at radius 3 is 2.41 bits per heavy atom. The first-order valence-electron chi connectivity index (χ1n) is 10.2. The molecule has 0 atom stereocenters. The predicted molar refractivity (Wildman–Crippen MR) is 109 cm³/mol. The molecule has 1 aliphatic carbocycles. The van der Waals surface area contributed by atoms with E-state index in [2.05, 4.69) is 17.1 Å². The summed E-state index contributed by atoms with van der Waals surface area (Å²) in [6.45, 7) is 6.24. The van der Waals surface area contributed by atoms with Crippen LogP contribution >= 0.6 is 0 Å². The molecule has 2 aliphatic rings. The second-order valence-electron chi connectivity index (χ2n) is 7.71. The van der Waals surface area contributed by atoms with Gasteiger partial charge >= 0.3 is 0 Å². The van der Waals surface area contributed by atoms with E-state index in [1.165, 1.54) is 18.4 Å². The Balaban J connectivity index is 1.39. The lowest BCUT2D eigenvalue weighted by molar-refractivity contribution is 0.0657. The van der Waals surface area contributed by atoms with Gasteiger partial charge in [-0.15, -0.1) is 0 Å². The van der Waals surface area contributed by atoms with E-state index in [1.54, 1.807) is 12.1 Å². The Morgan fingerprint density at radius 1 is 1.14 bits per heavy atom. The van der Waals surface area contributed by atoms with Crippen molar-refractivity contribution in [3.8, 4) is 0 Å². The maximum absolute atomic E-state index is 13.3. The zero-order valence-electron chi connectivity index (χ0n) is 16.7. The topological polar surface area (TPSA) is 61.1 Å². The van der Waals surface area contributed by atoms with Crippen LogP contribution in [-0.2, 0) is 5.41 Å². The lowest BCUT2D eigenvalue weighted by Crippen LogP contribution is -2.53. The number of piperazine rings is 1. The van der Waals surface area contributed by atoms with Gasteiger partial charge in [0.15, 0.2) is 11.7 Å². The fourth-order valence-electron chi connectivity index (χ4n) is 3.82. The Kier molecular flexibility index (Phi) is 5.56. The molecule has 29 heavy (non-hydrogen) atoms. The summed E-state index contributed by atoms with van der Waals surface area (Å²) >= 11 is 0. The smallest absolute Gasteiger partial charge is 0.289 e. The van der Waals surface area contributed by atoms with Gasteiger partial charge in [0, 0.05) is 38.1 Å². The Hall–Kier alpha value is -2.83. The second-order valence-corrected chi connectivity index (χ2v) is 7.71. The van der Waals surface area contributed by atoms with E-state index in [-0.39, 0.29) is 17.1 Å². The third-order valence-corrected chi connectivity index (χ3v) is 5.77. The molecule has 2 heterocycles. The maximum Gasteiger partial charge on any atom is 0.289 e. The molecule has 1 saturated carbocycles. The van der Waals surface area contributed by atoms with Gasteiger partial charge in [0.25, 0.3) is 5.91 Å². The summed E-state index contributed by atoms with van der Waals surface area (Å²) in [4.78, 5) is 21.4. The summed E-state index contributed by atoms with van der Waals surface area (Å²) in [6, 6.07) is 10.2. The number of guanidine groups is 1. The monoisotopic (exact) mass is 398 g/mol. The number of hydrogen-bond donors (Lipinski definition) is 1. The van der Waals surface area contributed by atoms with Gasteiger partial charge in [-0.25, -0.2) is 4.39 Å². The van der Waals surface area contributed by atoms with Gasteiger partial charge in [0.05, 0.1) is 12.8 Å². The van der Waals surface area contributed by atoms with E-state index >= 15 is 0 Å². The number of benzene rings is 1. The van der Waals surface area contributed by atoms with Crippen LogP contribution < -0.4 is 5.32 Å². The maximum atomic E-state index is 13.3. The normalized spacial score (nSPS) is 18.6. The highest BCUT2D eigenvalue weighted by molar-refractivity contribution is 5.91. The molecule has 2 aromatic rings. The van der Waals surface area contributed by atoms with Crippen LogP contribution in [0.2, 0.25) is 0 Å². The van der Waals surface area contributed by atoms with E-state index in [4.69, 9.17) is 9.41 Å². The minimum absolute atomic E-state index is 0.0332. The molecule has 1 aliphatic heterocycles. The first kappa shape index (κ1) is 19.5. The van der Waals surface area contributed by atoms with E-state index in [1.807, 2.05) is 17.0 Å². The van der Waals surface area contributed by atoms with Crippen molar-refractivity contribution in [3.63, 3.8) is 0 Å². The van der Waals surface area contributed by atoms with Gasteiger partial charge in [-0.2, -0.15) is 0 Å². The van der Waals surface area contributed by atoms with E-state index in [9.17, 15) is 9.18 Å². The molecule has 6 nitrogen and oxygen atoms in total. The molecule has 154 valence electrons. The van der Waals surface area contributed by atoms with Crippen LogP contribution in [0.3, 0.4) is 0 Å². The van der Waals surface area contributed by atoms with Crippen LogP contribution in [0.1, 0.15) is 35.9 Å². The molecular formula is C22H27FN4O2. The minimum atomic E-state index is -0.205. The number of nitrogens with zero attached hydrogens (tertiary/aromatic N) is 3. The minimum Gasteiger partial charge on any atom is -0.459 e. The largest absolute Gasteiger partial charge is 0.459 e. The molecule has 2 fully saturated rings. The third kappa shape index (κ3) is 4.28. The van der Waals surface area contributed by atoms with Crippen LogP contribution in [0.25, 0.3) is 0 Å². The molecule has 1 saturated heterocycles. The van der Waals surface area contributed by atoms with Crippen LogP contribution in [-0.4, -0.2) is 60.9 Å². The highest BCUT2D eigenvalue weighted by Gasteiger charge is 2.44. The van der Waals surface area contributed by atoms with Crippen molar-refractivity contribution in [2.45, 2.75) is 25.2 Å². The van der Waals surface area contributed by atoms with Crippen LogP contribution in [0, 0.1) is 5.82 Å². The number of halogens is 1. The molecule has 1 N–H and O–H groups in total. The summed E-state index contributed by atoms with van der Waals surface area (Å²) in [5.41, 5.74) is 1.19. The SMILES string of the molecule is CCNC(=NCC1(c2ccc(F)cc2)CC1)N1CCN(C(=O)c2ccco2)CC1. The van der Waals surface area contributed by atoms with Gasteiger partial charge in [-0.3, -0.25) is 9.79 Å². The van der Waals surface area contributed by atoms with Crippen molar-refractivity contribution in [2.24, 2.45) is 4.99 Å². The quantitative estimate of drug-likeness (QED) is 0.622. The van der Waals surface area contributed by atoms with Crippen LogP contribution in [0.15, 0.2) is 52.1 Å². The number of amides is 1. The number of rotatable bonds is 5. The lowest BCUT2D eigenvalue weighted by Gasteiger charge is -2.36. The molecule has 4 rings (SSSR count). The summed E-state index contributed by atoms with van der Waals surface area (Å²) in [5, 5.41) is 3.38. The van der Waals surface area contributed by atoms with Crippen LogP contribution in [0.5, 0.6) is 0 Å². The molecule has 1 amide bonds. The van der Waals surface area contributed by atoms with Crippen molar-refractivity contribution in [2.75, 3.05) is 39.3 Å². The zero-order chi connectivity index (χ0) is 20.3. The molecule has 7 heteroatoms. The predicted octanol–water partition coefficient (Wildman–Crippen LogP) is 2.87. The Bertz CT molecular complexity index is 851. The van der Waals surface area contributed by atoms with Crippen molar-refractivity contribution in [1.29, 1.82) is 0 Å². The third-order valence-electron chi connectivity index (χ3n) is 5.77. The molecule has 0 unspecified atom stereocenters. The highest BCUT2D eigenvalue weighted by Crippen LogP contribution is 2.48.